The van der Waals surface area contributed by atoms with Crippen LogP contribution < -0.4 is 0 Å². The Bertz CT molecular complexity index is 1070. The van der Waals surface area contributed by atoms with Crippen molar-refractivity contribution in [1.29, 1.82) is 0 Å². The topological polar surface area (TPSA) is 68.5 Å². The quantitative estimate of drug-likeness (QED) is 0.580. The van der Waals surface area contributed by atoms with Crippen LogP contribution in [0.25, 0.3) is 10.9 Å². The summed E-state index contributed by atoms with van der Waals surface area (Å²) in [6.07, 6.45) is 0.733. The number of fused-ring (bicyclic) bond motifs is 1. The van der Waals surface area contributed by atoms with Crippen molar-refractivity contribution < 1.29 is 19.4 Å². The van der Waals surface area contributed by atoms with E-state index in [9.17, 15) is 14.7 Å². The van der Waals surface area contributed by atoms with Gasteiger partial charge < -0.3 is 9.84 Å². The number of esters is 1. The first-order chi connectivity index (χ1) is 13.3. The van der Waals surface area contributed by atoms with Crippen molar-refractivity contribution in [3.63, 3.8) is 0 Å². The first-order valence-electron chi connectivity index (χ1n) is 8.81. The van der Waals surface area contributed by atoms with Gasteiger partial charge in [-0.25, -0.2) is 0 Å². The van der Waals surface area contributed by atoms with Crippen LogP contribution >= 0.6 is 23.2 Å². The Labute approximate surface area is 172 Å². The molecule has 0 saturated heterocycles. The number of rotatable bonds is 5. The number of carbonyl (C=O) groups is 2. The second kappa shape index (κ2) is 8.25. The van der Waals surface area contributed by atoms with Gasteiger partial charge in [-0.05, 0) is 55.3 Å². The first-order valence-corrected chi connectivity index (χ1v) is 9.57. The Balaban J connectivity index is 2.12. The lowest BCUT2D eigenvalue weighted by Gasteiger charge is -2.09. The van der Waals surface area contributed by atoms with Crippen LogP contribution in [0.3, 0.4) is 0 Å². The monoisotopic (exact) mass is 419 g/mol. The molecule has 0 radical (unpaired) electrons. The van der Waals surface area contributed by atoms with Crippen LogP contribution in [0.4, 0.5) is 0 Å². The summed E-state index contributed by atoms with van der Waals surface area (Å²) < 4.78 is 6.70. The van der Waals surface area contributed by atoms with E-state index in [0.29, 0.717) is 39.4 Å². The summed E-state index contributed by atoms with van der Waals surface area (Å²) in [5.74, 6) is -0.635. The van der Waals surface area contributed by atoms with Gasteiger partial charge in [-0.1, -0.05) is 30.1 Å². The smallest absolute Gasteiger partial charge is 0.310 e. The van der Waals surface area contributed by atoms with Crippen molar-refractivity contribution in [1.82, 2.24) is 4.57 Å². The Hall–Kier alpha value is -2.50. The molecule has 1 heterocycles. The molecule has 0 amide bonds. The molecule has 2 aromatic carbocycles. The molecule has 0 aliphatic carbocycles. The molecule has 0 saturated carbocycles. The predicted molar refractivity (Wildman–Crippen MR) is 109 cm³/mol. The maximum atomic E-state index is 13.2. The Morgan fingerprint density at radius 3 is 2.54 bits per heavy atom. The number of hydrogen-bond donors (Lipinski definition) is 1. The molecule has 28 heavy (non-hydrogen) atoms. The van der Waals surface area contributed by atoms with Crippen LogP contribution in [0, 0.1) is 6.92 Å². The van der Waals surface area contributed by atoms with E-state index >= 15 is 0 Å². The Kier molecular flexibility index (Phi) is 5.96. The molecule has 0 aliphatic heterocycles. The lowest BCUT2D eigenvalue weighted by molar-refractivity contribution is -0.142. The third kappa shape index (κ3) is 3.86. The summed E-state index contributed by atoms with van der Waals surface area (Å²) in [5, 5.41) is 11.2. The molecule has 5 nitrogen and oxygen atoms in total. The van der Waals surface area contributed by atoms with Crippen molar-refractivity contribution in [2.75, 3.05) is 6.61 Å². The number of aromatic hydroxyl groups is 1. The molecule has 146 valence electrons. The van der Waals surface area contributed by atoms with Crippen LogP contribution in [-0.2, 0) is 16.0 Å². The minimum atomic E-state index is -0.380. The van der Waals surface area contributed by atoms with Crippen LogP contribution in [0.1, 0.15) is 35.0 Å². The molecular weight excluding hydrogens is 401 g/mol. The second-order valence-electron chi connectivity index (χ2n) is 6.43. The number of aromatic nitrogens is 1. The van der Waals surface area contributed by atoms with Gasteiger partial charge in [0.25, 0.3) is 5.91 Å². The molecule has 0 bridgehead atoms. The van der Waals surface area contributed by atoms with Gasteiger partial charge in [0.15, 0.2) is 0 Å². The number of benzene rings is 2. The fourth-order valence-electron chi connectivity index (χ4n) is 3.13. The zero-order valence-corrected chi connectivity index (χ0v) is 17.0. The molecule has 1 aromatic heterocycles. The highest BCUT2D eigenvalue weighted by Crippen LogP contribution is 2.31. The summed E-state index contributed by atoms with van der Waals surface area (Å²) in [4.78, 5) is 25.4. The molecule has 7 heteroatoms. The maximum absolute atomic E-state index is 13.2. The lowest BCUT2D eigenvalue weighted by atomic mass is 10.1. The van der Waals surface area contributed by atoms with Crippen LogP contribution in [0.2, 0.25) is 10.0 Å². The number of nitrogens with zero attached hydrogens (tertiary/aromatic N) is 1. The zero-order valence-electron chi connectivity index (χ0n) is 15.5. The van der Waals surface area contributed by atoms with Crippen LogP contribution in [-0.4, -0.2) is 28.2 Å². The molecular formula is C21H19Cl2NO4. The standard InChI is InChI=1S/C21H19Cl2NO4/c1-3-8-28-20(26)11-15-12(2)24(19-7-5-14(25)10-16(15)19)21(27)13-4-6-17(22)18(23)9-13/h4-7,9-10,25H,3,8,11H2,1-2H3. The van der Waals surface area contributed by atoms with E-state index in [1.54, 1.807) is 31.2 Å². The van der Waals surface area contributed by atoms with Crippen molar-refractivity contribution in [2.24, 2.45) is 0 Å². The van der Waals surface area contributed by atoms with E-state index in [1.165, 1.54) is 16.7 Å². The minimum absolute atomic E-state index is 0.00738. The number of phenolic OH excluding ortho intramolecular Hbond substituents is 1. The number of phenols is 1. The van der Waals surface area contributed by atoms with Crippen molar-refractivity contribution in [3.8, 4) is 5.75 Å². The van der Waals surface area contributed by atoms with E-state index in [4.69, 9.17) is 27.9 Å². The Morgan fingerprint density at radius 1 is 1.11 bits per heavy atom. The third-order valence-corrected chi connectivity index (χ3v) is 5.22. The number of carbonyl (C=O) groups excluding carboxylic acids is 2. The molecule has 0 atom stereocenters. The average Bonchev–Trinajstić information content (AvgIpc) is 2.93. The zero-order chi connectivity index (χ0) is 20.4. The van der Waals surface area contributed by atoms with Crippen LogP contribution in [0.5, 0.6) is 5.75 Å². The molecule has 0 spiro atoms. The fourth-order valence-corrected chi connectivity index (χ4v) is 3.42. The van der Waals surface area contributed by atoms with E-state index in [2.05, 4.69) is 0 Å². The van der Waals surface area contributed by atoms with Crippen molar-refractivity contribution >= 4 is 46.0 Å². The molecule has 3 aromatic rings. The van der Waals surface area contributed by atoms with E-state index in [1.807, 2.05) is 6.92 Å². The molecule has 3 rings (SSSR count). The van der Waals surface area contributed by atoms with Crippen molar-refractivity contribution in [3.05, 3.63) is 63.3 Å². The molecule has 0 unspecified atom stereocenters. The molecule has 0 aliphatic rings. The van der Waals surface area contributed by atoms with E-state index in [0.717, 1.165) is 6.42 Å². The fraction of sp³-hybridized carbons (Fsp3) is 0.238. The van der Waals surface area contributed by atoms with Gasteiger partial charge in [0, 0.05) is 16.6 Å². The van der Waals surface area contributed by atoms with Gasteiger partial charge in [-0.3, -0.25) is 14.2 Å². The summed E-state index contributed by atoms with van der Waals surface area (Å²) >= 11 is 12.0. The minimum Gasteiger partial charge on any atom is -0.508 e. The lowest BCUT2D eigenvalue weighted by Crippen LogP contribution is -2.15. The largest absolute Gasteiger partial charge is 0.508 e. The average molecular weight is 420 g/mol. The summed E-state index contributed by atoms with van der Waals surface area (Å²) in [6.45, 7) is 4.01. The van der Waals surface area contributed by atoms with Gasteiger partial charge in [-0.15, -0.1) is 0 Å². The predicted octanol–water partition coefficient (Wildman–Crippen LogP) is 5.15. The van der Waals surface area contributed by atoms with E-state index < -0.39 is 0 Å². The number of ether oxygens (including phenoxy) is 1. The molecule has 0 fully saturated rings. The second-order valence-corrected chi connectivity index (χ2v) is 7.25. The van der Waals surface area contributed by atoms with Gasteiger partial charge >= 0.3 is 5.97 Å². The Morgan fingerprint density at radius 2 is 1.86 bits per heavy atom. The van der Waals surface area contributed by atoms with Gasteiger partial charge in [0.05, 0.1) is 28.6 Å². The maximum Gasteiger partial charge on any atom is 0.310 e. The SMILES string of the molecule is CCCOC(=O)Cc1c(C)n(C(=O)c2ccc(Cl)c(Cl)c2)c2ccc(O)cc12. The van der Waals surface area contributed by atoms with Gasteiger partial charge in [0.1, 0.15) is 5.75 Å². The normalized spacial score (nSPS) is 11.0. The summed E-state index contributed by atoms with van der Waals surface area (Å²) in [6, 6.07) is 9.36. The highest BCUT2D eigenvalue weighted by molar-refractivity contribution is 6.42. The molecule has 1 N–H and O–H groups in total. The van der Waals surface area contributed by atoms with Crippen molar-refractivity contribution in [2.45, 2.75) is 26.7 Å². The number of halogens is 2. The number of hydrogen-bond acceptors (Lipinski definition) is 4. The highest BCUT2D eigenvalue weighted by Gasteiger charge is 2.22. The third-order valence-electron chi connectivity index (χ3n) is 4.48. The summed E-state index contributed by atoms with van der Waals surface area (Å²) in [5.41, 5.74) is 2.19. The highest BCUT2D eigenvalue weighted by atomic mass is 35.5. The first kappa shape index (κ1) is 20.2. The van der Waals surface area contributed by atoms with E-state index in [-0.39, 0.29) is 29.1 Å². The van der Waals surface area contributed by atoms with Gasteiger partial charge in [-0.2, -0.15) is 0 Å². The van der Waals surface area contributed by atoms with Gasteiger partial charge in [0.2, 0.25) is 0 Å². The van der Waals surface area contributed by atoms with Crippen LogP contribution in [0.15, 0.2) is 36.4 Å². The summed E-state index contributed by atoms with van der Waals surface area (Å²) in [7, 11) is 0.